The highest BCUT2D eigenvalue weighted by Gasteiger charge is 2.25. The lowest BCUT2D eigenvalue weighted by Crippen LogP contribution is -2.28. The Bertz CT molecular complexity index is 282. The van der Waals surface area contributed by atoms with Gasteiger partial charge in [0.15, 0.2) is 0 Å². The van der Waals surface area contributed by atoms with Crippen molar-refractivity contribution in [3.8, 4) is 0 Å². The summed E-state index contributed by atoms with van der Waals surface area (Å²) >= 11 is 0. The van der Waals surface area contributed by atoms with Crippen LogP contribution in [0, 0.1) is 0 Å². The first-order chi connectivity index (χ1) is 8.63. The molecular formula is C12H21NO5. The highest BCUT2D eigenvalue weighted by Crippen LogP contribution is 2.13. The Morgan fingerprint density at radius 3 is 2.72 bits per heavy atom. The maximum Gasteiger partial charge on any atom is 0.407 e. The van der Waals surface area contributed by atoms with Crippen LogP contribution in [0.5, 0.6) is 0 Å². The molecule has 1 amide bonds. The molecule has 1 rings (SSSR count). The third-order valence-electron chi connectivity index (χ3n) is 3.02. The van der Waals surface area contributed by atoms with Gasteiger partial charge in [-0.3, -0.25) is 4.79 Å². The number of ether oxygens (including phenoxy) is 2. The van der Waals surface area contributed by atoms with Crippen LogP contribution in [0.4, 0.5) is 4.79 Å². The molecule has 0 radical (unpaired) electrons. The number of hydrogen-bond acceptors (Lipinski definition) is 4. The minimum atomic E-state index is -0.876. The quantitative estimate of drug-likeness (QED) is 0.553. The van der Waals surface area contributed by atoms with E-state index >= 15 is 0 Å². The second-order valence-electron chi connectivity index (χ2n) is 4.40. The minimum absolute atomic E-state index is 0.0294. The van der Waals surface area contributed by atoms with Gasteiger partial charge in [-0.25, -0.2) is 4.79 Å². The van der Waals surface area contributed by atoms with Gasteiger partial charge in [0.1, 0.15) is 0 Å². The summed E-state index contributed by atoms with van der Waals surface area (Å²) in [4.78, 5) is 22.9. The summed E-state index contributed by atoms with van der Waals surface area (Å²) in [6.07, 6.45) is 3.00. The van der Waals surface area contributed by atoms with E-state index in [-0.39, 0.29) is 12.1 Å². The molecule has 0 spiro atoms. The van der Waals surface area contributed by atoms with Crippen molar-refractivity contribution in [3.63, 3.8) is 0 Å². The maximum absolute atomic E-state index is 10.8. The molecule has 0 unspecified atom stereocenters. The van der Waals surface area contributed by atoms with E-state index in [1.807, 2.05) is 0 Å². The molecule has 0 saturated carbocycles. The number of amides is 1. The van der Waals surface area contributed by atoms with Gasteiger partial charge in [0, 0.05) is 19.6 Å². The summed E-state index contributed by atoms with van der Waals surface area (Å²) in [5.41, 5.74) is 0. The molecule has 1 N–H and O–H groups in total. The molecule has 18 heavy (non-hydrogen) atoms. The van der Waals surface area contributed by atoms with Crippen molar-refractivity contribution in [3.05, 3.63) is 0 Å². The van der Waals surface area contributed by atoms with E-state index in [1.165, 1.54) is 12.0 Å². The van der Waals surface area contributed by atoms with Crippen LogP contribution in [0.2, 0.25) is 0 Å². The molecule has 0 aliphatic carbocycles. The van der Waals surface area contributed by atoms with Crippen LogP contribution in [-0.4, -0.2) is 55.0 Å². The van der Waals surface area contributed by atoms with E-state index in [4.69, 9.17) is 9.84 Å². The topological polar surface area (TPSA) is 76.1 Å². The first-order valence-electron chi connectivity index (χ1n) is 6.29. The molecule has 0 aromatic heterocycles. The van der Waals surface area contributed by atoms with Crippen LogP contribution in [0.3, 0.4) is 0 Å². The lowest BCUT2D eigenvalue weighted by atomic mass is 10.2. The van der Waals surface area contributed by atoms with Gasteiger partial charge in [0.2, 0.25) is 0 Å². The largest absolute Gasteiger partial charge is 0.469 e. The van der Waals surface area contributed by atoms with Gasteiger partial charge in [-0.1, -0.05) is 6.42 Å². The van der Waals surface area contributed by atoms with Crippen LogP contribution in [0.15, 0.2) is 0 Å². The lowest BCUT2D eigenvalue weighted by molar-refractivity contribution is -0.140. The standard InChI is InChI=1S/C12H21NO5/c1-17-11(14)5-3-2-4-8-18-10-6-7-13(9-10)12(15)16/h10H,2-9H2,1H3,(H,15,16)/t10-/m1/s1. The predicted octanol–water partition coefficient (Wildman–Crippen LogP) is 1.49. The molecule has 104 valence electrons. The number of esters is 1. The molecule has 0 bridgehead atoms. The van der Waals surface area contributed by atoms with E-state index in [0.29, 0.717) is 26.1 Å². The van der Waals surface area contributed by atoms with Crippen LogP contribution in [0.25, 0.3) is 0 Å². The molecular weight excluding hydrogens is 238 g/mol. The Morgan fingerprint density at radius 1 is 1.33 bits per heavy atom. The Hall–Kier alpha value is -1.30. The Morgan fingerprint density at radius 2 is 2.11 bits per heavy atom. The van der Waals surface area contributed by atoms with Crippen LogP contribution in [0.1, 0.15) is 32.1 Å². The summed E-state index contributed by atoms with van der Waals surface area (Å²) in [7, 11) is 1.39. The van der Waals surface area contributed by atoms with Crippen LogP contribution >= 0.6 is 0 Å². The summed E-state index contributed by atoms with van der Waals surface area (Å²) in [6, 6.07) is 0. The third kappa shape index (κ3) is 5.35. The Balaban J connectivity index is 1.96. The number of carbonyl (C=O) groups is 2. The number of methoxy groups -OCH3 is 1. The van der Waals surface area contributed by atoms with Gasteiger partial charge < -0.3 is 19.5 Å². The molecule has 1 heterocycles. The number of carbonyl (C=O) groups excluding carboxylic acids is 1. The molecule has 1 saturated heterocycles. The molecule has 0 aromatic carbocycles. The van der Waals surface area contributed by atoms with E-state index in [2.05, 4.69) is 4.74 Å². The number of nitrogens with zero attached hydrogens (tertiary/aromatic N) is 1. The average Bonchev–Trinajstić information content (AvgIpc) is 2.82. The lowest BCUT2D eigenvalue weighted by Gasteiger charge is -2.13. The molecule has 1 atom stereocenters. The van der Waals surface area contributed by atoms with Gasteiger partial charge in [0.05, 0.1) is 19.8 Å². The highest BCUT2D eigenvalue weighted by atomic mass is 16.5. The SMILES string of the molecule is COC(=O)CCCCCO[C@@H]1CCN(C(=O)O)C1. The fourth-order valence-corrected chi connectivity index (χ4v) is 1.94. The zero-order valence-electron chi connectivity index (χ0n) is 10.8. The van der Waals surface area contributed by atoms with Crippen LogP contribution < -0.4 is 0 Å². The zero-order valence-corrected chi connectivity index (χ0v) is 10.8. The molecule has 0 aromatic rings. The van der Waals surface area contributed by atoms with Crippen molar-refractivity contribution in [2.45, 2.75) is 38.2 Å². The van der Waals surface area contributed by atoms with Crippen molar-refractivity contribution in [2.24, 2.45) is 0 Å². The summed E-state index contributed by atoms with van der Waals surface area (Å²) in [5, 5.41) is 8.77. The Labute approximate surface area is 107 Å². The Kier molecular flexibility index (Phi) is 6.49. The molecule has 6 heteroatoms. The van der Waals surface area contributed by atoms with E-state index in [0.717, 1.165) is 25.7 Å². The number of rotatable bonds is 7. The zero-order chi connectivity index (χ0) is 13.4. The highest BCUT2D eigenvalue weighted by molar-refractivity contribution is 5.68. The second kappa shape index (κ2) is 7.92. The van der Waals surface area contributed by atoms with Gasteiger partial charge in [-0.2, -0.15) is 0 Å². The van der Waals surface area contributed by atoms with Crippen molar-refractivity contribution >= 4 is 12.1 Å². The third-order valence-corrected chi connectivity index (χ3v) is 3.02. The first kappa shape index (κ1) is 14.8. The summed E-state index contributed by atoms with van der Waals surface area (Å²) in [6.45, 7) is 1.65. The number of carboxylic acid groups (broad SMARTS) is 1. The van der Waals surface area contributed by atoms with Gasteiger partial charge in [-0.15, -0.1) is 0 Å². The van der Waals surface area contributed by atoms with Crippen molar-refractivity contribution < 1.29 is 24.2 Å². The average molecular weight is 259 g/mol. The van der Waals surface area contributed by atoms with Crippen molar-refractivity contribution in [1.29, 1.82) is 0 Å². The van der Waals surface area contributed by atoms with E-state index in [9.17, 15) is 9.59 Å². The van der Waals surface area contributed by atoms with Gasteiger partial charge in [0.25, 0.3) is 0 Å². The smallest absolute Gasteiger partial charge is 0.407 e. The second-order valence-corrected chi connectivity index (χ2v) is 4.40. The van der Waals surface area contributed by atoms with Gasteiger partial charge >= 0.3 is 12.1 Å². The first-order valence-corrected chi connectivity index (χ1v) is 6.29. The minimum Gasteiger partial charge on any atom is -0.469 e. The predicted molar refractivity (Wildman–Crippen MR) is 64.4 cm³/mol. The van der Waals surface area contributed by atoms with Crippen LogP contribution in [-0.2, 0) is 14.3 Å². The van der Waals surface area contributed by atoms with Crippen molar-refractivity contribution in [1.82, 2.24) is 4.90 Å². The molecule has 1 fully saturated rings. The maximum atomic E-state index is 10.8. The summed E-state index contributed by atoms with van der Waals surface area (Å²) in [5.74, 6) is -0.177. The van der Waals surface area contributed by atoms with E-state index in [1.54, 1.807) is 0 Å². The number of unbranched alkanes of at least 4 members (excludes halogenated alkanes) is 2. The molecule has 1 aliphatic heterocycles. The van der Waals surface area contributed by atoms with Gasteiger partial charge in [-0.05, 0) is 19.3 Å². The van der Waals surface area contributed by atoms with E-state index < -0.39 is 6.09 Å². The fraction of sp³-hybridized carbons (Fsp3) is 0.833. The number of likely N-dealkylation sites (tertiary alicyclic amines) is 1. The number of hydrogen-bond donors (Lipinski definition) is 1. The van der Waals surface area contributed by atoms with Crippen molar-refractivity contribution in [2.75, 3.05) is 26.8 Å². The normalized spacial score (nSPS) is 18.9. The molecule has 1 aliphatic rings. The summed E-state index contributed by atoms with van der Waals surface area (Å²) < 4.78 is 10.1. The monoisotopic (exact) mass is 259 g/mol. The molecule has 6 nitrogen and oxygen atoms in total. The fourth-order valence-electron chi connectivity index (χ4n) is 1.94.